The van der Waals surface area contributed by atoms with E-state index in [0.29, 0.717) is 19.1 Å². The topological polar surface area (TPSA) is 74.2 Å². The van der Waals surface area contributed by atoms with Crippen molar-refractivity contribution in [2.75, 3.05) is 19.6 Å². The number of aromatic amines is 1. The van der Waals surface area contributed by atoms with Crippen molar-refractivity contribution in [3.63, 3.8) is 0 Å². The summed E-state index contributed by atoms with van der Waals surface area (Å²) in [5.41, 5.74) is 6.92. The summed E-state index contributed by atoms with van der Waals surface area (Å²) >= 11 is 0. The van der Waals surface area contributed by atoms with Crippen molar-refractivity contribution in [3.8, 4) is 0 Å². The summed E-state index contributed by atoms with van der Waals surface area (Å²) < 4.78 is 0. The molecule has 4 N–H and O–H groups in total. The molecule has 1 aliphatic heterocycles. The molecule has 0 spiro atoms. The average Bonchev–Trinajstić information content (AvgIpc) is 2.83. The lowest BCUT2D eigenvalue weighted by molar-refractivity contribution is -0.122. The molecule has 2 heterocycles. The zero-order valence-electron chi connectivity index (χ0n) is 9.98. The molecule has 1 aromatic rings. The first-order chi connectivity index (χ1) is 8.24. The minimum absolute atomic E-state index is 0.0849. The number of amides is 1. The highest BCUT2D eigenvalue weighted by atomic mass is 16.2. The maximum Gasteiger partial charge on any atom is 0.234 e. The number of hydrogen-bond donors (Lipinski definition) is 3. The lowest BCUT2D eigenvalue weighted by Crippen LogP contribution is -2.44. The molecule has 17 heavy (non-hydrogen) atoms. The van der Waals surface area contributed by atoms with Gasteiger partial charge < -0.3 is 16.0 Å². The van der Waals surface area contributed by atoms with Crippen molar-refractivity contribution >= 4 is 5.91 Å². The standard InChI is InChI=1S/C12H20N4O/c13-11-2-5-16(6-3-11)9-12(17)15-8-10-1-4-14-7-10/h1,4,7,11,14H,2-3,5-6,8-9,13H2,(H,15,17). The molecule has 94 valence electrons. The predicted molar refractivity (Wildman–Crippen MR) is 66.3 cm³/mol. The van der Waals surface area contributed by atoms with Gasteiger partial charge in [-0.1, -0.05) is 0 Å². The fourth-order valence-corrected chi connectivity index (χ4v) is 2.04. The molecular weight excluding hydrogens is 216 g/mol. The first kappa shape index (κ1) is 12.1. The Hall–Kier alpha value is -1.33. The van der Waals surface area contributed by atoms with Crippen molar-refractivity contribution in [1.82, 2.24) is 15.2 Å². The Kier molecular flexibility index (Phi) is 4.17. The second-order valence-corrected chi connectivity index (χ2v) is 4.61. The second-order valence-electron chi connectivity index (χ2n) is 4.61. The number of nitrogens with two attached hydrogens (primary N) is 1. The molecule has 0 bridgehead atoms. The fraction of sp³-hybridized carbons (Fsp3) is 0.583. The molecular formula is C12H20N4O. The van der Waals surface area contributed by atoms with Gasteiger partial charge in [-0.2, -0.15) is 0 Å². The maximum atomic E-state index is 11.7. The van der Waals surface area contributed by atoms with Crippen LogP contribution < -0.4 is 11.1 Å². The van der Waals surface area contributed by atoms with E-state index in [-0.39, 0.29) is 5.91 Å². The molecule has 1 saturated heterocycles. The largest absolute Gasteiger partial charge is 0.367 e. The molecule has 0 atom stereocenters. The van der Waals surface area contributed by atoms with Gasteiger partial charge in [0, 0.05) is 38.1 Å². The lowest BCUT2D eigenvalue weighted by atomic mass is 10.1. The van der Waals surface area contributed by atoms with Crippen molar-refractivity contribution in [2.24, 2.45) is 5.73 Å². The minimum atomic E-state index is 0.0849. The number of nitrogens with zero attached hydrogens (tertiary/aromatic N) is 1. The van der Waals surface area contributed by atoms with Gasteiger partial charge in [-0.25, -0.2) is 0 Å². The van der Waals surface area contributed by atoms with Gasteiger partial charge in [0.1, 0.15) is 0 Å². The van der Waals surface area contributed by atoms with Gasteiger partial charge >= 0.3 is 0 Å². The van der Waals surface area contributed by atoms with Gasteiger partial charge in [0.2, 0.25) is 5.91 Å². The summed E-state index contributed by atoms with van der Waals surface area (Å²) in [7, 11) is 0. The normalized spacial score (nSPS) is 18.2. The molecule has 1 aliphatic rings. The van der Waals surface area contributed by atoms with E-state index < -0.39 is 0 Å². The van der Waals surface area contributed by atoms with E-state index in [1.54, 1.807) is 0 Å². The Morgan fingerprint density at radius 1 is 1.53 bits per heavy atom. The zero-order chi connectivity index (χ0) is 12.1. The van der Waals surface area contributed by atoms with Gasteiger partial charge in [0.15, 0.2) is 0 Å². The summed E-state index contributed by atoms with van der Waals surface area (Å²) in [5.74, 6) is 0.0849. The van der Waals surface area contributed by atoms with Crippen LogP contribution in [0.3, 0.4) is 0 Å². The third-order valence-electron chi connectivity index (χ3n) is 3.15. The number of hydrogen-bond acceptors (Lipinski definition) is 3. The van der Waals surface area contributed by atoms with Crippen LogP contribution in [0.25, 0.3) is 0 Å². The van der Waals surface area contributed by atoms with Crippen molar-refractivity contribution in [3.05, 3.63) is 24.0 Å². The van der Waals surface area contributed by atoms with E-state index >= 15 is 0 Å². The van der Waals surface area contributed by atoms with Crippen LogP contribution in [0.15, 0.2) is 18.5 Å². The van der Waals surface area contributed by atoms with Crippen LogP contribution in [0.2, 0.25) is 0 Å². The summed E-state index contributed by atoms with van der Waals surface area (Å²) in [5, 5.41) is 2.91. The number of carbonyl (C=O) groups excluding carboxylic acids is 1. The first-order valence-electron chi connectivity index (χ1n) is 6.10. The SMILES string of the molecule is NC1CCN(CC(=O)NCc2cc[nH]c2)CC1. The summed E-state index contributed by atoms with van der Waals surface area (Å²) in [6.45, 7) is 2.93. The number of likely N-dealkylation sites (tertiary alicyclic amines) is 1. The van der Waals surface area contributed by atoms with Crippen molar-refractivity contribution < 1.29 is 4.79 Å². The number of carbonyl (C=O) groups is 1. The molecule has 2 rings (SSSR count). The molecule has 1 fully saturated rings. The van der Waals surface area contributed by atoms with Crippen LogP contribution >= 0.6 is 0 Å². The van der Waals surface area contributed by atoms with E-state index in [4.69, 9.17) is 5.73 Å². The van der Waals surface area contributed by atoms with Crippen LogP contribution in [0.1, 0.15) is 18.4 Å². The maximum absolute atomic E-state index is 11.7. The Morgan fingerprint density at radius 3 is 2.94 bits per heavy atom. The van der Waals surface area contributed by atoms with Crippen molar-refractivity contribution in [1.29, 1.82) is 0 Å². The third kappa shape index (κ3) is 3.87. The minimum Gasteiger partial charge on any atom is -0.367 e. The quantitative estimate of drug-likeness (QED) is 0.692. The lowest BCUT2D eigenvalue weighted by Gasteiger charge is -2.29. The summed E-state index contributed by atoms with van der Waals surface area (Å²) in [6.07, 6.45) is 5.73. The molecule has 5 nitrogen and oxygen atoms in total. The van der Waals surface area contributed by atoms with Gasteiger partial charge in [0.25, 0.3) is 0 Å². The van der Waals surface area contributed by atoms with E-state index in [1.807, 2.05) is 18.5 Å². The number of piperidine rings is 1. The molecule has 0 aromatic carbocycles. The molecule has 0 saturated carbocycles. The van der Waals surface area contributed by atoms with E-state index in [1.165, 1.54) is 0 Å². The Morgan fingerprint density at radius 2 is 2.29 bits per heavy atom. The highest BCUT2D eigenvalue weighted by Crippen LogP contribution is 2.07. The Bertz CT molecular complexity index is 341. The van der Waals surface area contributed by atoms with E-state index in [2.05, 4.69) is 15.2 Å². The van der Waals surface area contributed by atoms with Gasteiger partial charge in [-0.3, -0.25) is 9.69 Å². The third-order valence-corrected chi connectivity index (χ3v) is 3.15. The van der Waals surface area contributed by atoms with Crippen molar-refractivity contribution in [2.45, 2.75) is 25.4 Å². The number of aromatic nitrogens is 1. The van der Waals surface area contributed by atoms with Crippen LogP contribution in [0.5, 0.6) is 0 Å². The Labute approximate surface area is 101 Å². The van der Waals surface area contributed by atoms with Gasteiger partial charge in [-0.05, 0) is 24.5 Å². The Balaban J connectivity index is 1.67. The second kappa shape index (κ2) is 5.84. The molecule has 0 radical (unpaired) electrons. The molecule has 5 heteroatoms. The van der Waals surface area contributed by atoms with Crippen LogP contribution in [-0.2, 0) is 11.3 Å². The number of nitrogens with one attached hydrogen (secondary N) is 2. The van der Waals surface area contributed by atoms with Crippen LogP contribution in [0.4, 0.5) is 0 Å². The highest BCUT2D eigenvalue weighted by molar-refractivity contribution is 5.78. The summed E-state index contributed by atoms with van der Waals surface area (Å²) in [4.78, 5) is 16.8. The smallest absolute Gasteiger partial charge is 0.234 e. The van der Waals surface area contributed by atoms with Crippen LogP contribution in [0, 0.1) is 0 Å². The van der Waals surface area contributed by atoms with Gasteiger partial charge in [-0.15, -0.1) is 0 Å². The number of H-pyrrole nitrogens is 1. The molecule has 1 amide bonds. The van der Waals surface area contributed by atoms with Gasteiger partial charge in [0.05, 0.1) is 6.54 Å². The first-order valence-corrected chi connectivity index (χ1v) is 6.10. The monoisotopic (exact) mass is 236 g/mol. The fourth-order valence-electron chi connectivity index (χ4n) is 2.04. The molecule has 1 aromatic heterocycles. The highest BCUT2D eigenvalue weighted by Gasteiger charge is 2.17. The average molecular weight is 236 g/mol. The zero-order valence-corrected chi connectivity index (χ0v) is 9.98. The van der Waals surface area contributed by atoms with Crippen LogP contribution in [-0.4, -0.2) is 41.5 Å². The van der Waals surface area contributed by atoms with E-state index in [0.717, 1.165) is 31.5 Å². The predicted octanol–water partition coefficient (Wildman–Crippen LogP) is 0.0540. The molecule has 0 aliphatic carbocycles. The molecule has 0 unspecified atom stereocenters. The van der Waals surface area contributed by atoms with E-state index in [9.17, 15) is 4.79 Å². The number of rotatable bonds is 4. The summed E-state index contributed by atoms with van der Waals surface area (Å²) in [6, 6.07) is 2.27.